The lowest BCUT2D eigenvalue weighted by atomic mass is 10.1. The molecule has 2 rings (SSSR count). The van der Waals surface area contributed by atoms with E-state index in [0.717, 1.165) is 5.56 Å². The van der Waals surface area contributed by atoms with Crippen LogP contribution in [-0.4, -0.2) is 5.11 Å². The summed E-state index contributed by atoms with van der Waals surface area (Å²) in [6, 6.07) is 9.99. The summed E-state index contributed by atoms with van der Waals surface area (Å²) in [4.78, 5) is 0. The van der Waals surface area contributed by atoms with Crippen molar-refractivity contribution >= 4 is 0 Å². The van der Waals surface area contributed by atoms with Gasteiger partial charge in [0.1, 0.15) is 17.3 Å². The lowest BCUT2D eigenvalue weighted by Gasteiger charge is -2.16. The highest BCUT2D eigenvalue weighted by Gasteiger charge is 2.14. The summed E-state index contributed by atoms with van der Waals surface area (Å²) in [5.41, 5.74) is 2.14. The molecule has 4 heteroatoms. The van der Waals surface area contributed by atoms with Crippen LogP contribution in [0.25, 0.3) is 0 Å². The first kappa shape index (κ1) is 15.0. The SMILES string of the molecule is Cc1cc(Oc2cc(C#N)ccc2C)c([C@@H](C)O)cc1F. The van der Waals surface area contributed by atoms with E-state index in [4.69, 9.17) is 10.00 Å². The predicted molar refractivity (Wildman–Crippen MR) is 77.7 cm³/mol. The van der Waals surface area contributed by atoms with Crippen molar-refractivity contribution in [3.05, 3.63) is 58.4 Å². The molecule has 0 radical (unpaired) electrons. The lowest BCUT2D eigenvalue weighted by molar-refractivity contribution is 0.195. The second-order valence-electron chi connectivity index (χ2n) is 5.01. The molecule has 0 spiro atoms. The summed E-state index contributed by atoms with van der Waals surface area (Å²) in [5, 5.41) is 18.7. The minimum Gasteiger partial charge on any atom is -0.457 e. The Morgan fingerprint density at radius 1 is 1.14 bits per heavy atom. The average molecular weight is 285 g/mol. The number of rotatable bonds is 3. The van der Waals surface area contributed by atoms with Crippen molar-refractivity contribution in [3.63, 3.8) is 0 Å². The molecule has 0 aliphatic rings. The zero-order chi connectivity index (χ0) is 15.6. The summed E-state index contributed by atoms with van der Waals surface area (Å²) in [7, 11) is 0. The van der Waals surface area contributed by atoms with Gasteiger partial charge in [-0.1, -0.05) is 6.07 Å². The second kappa shape index (κ2) is 5.94. The molecular weight excluding hydrogens is 269 g/mol. The van der Waals surface area contributed by atoms with Crippen LogP contribution < -0.4 is 4.74 Å². The third kappa shape index (κ3) is 3.21. The first-order valence-electron chi connectivity index (χ1n) is 6.59. The Morgan fingerprint density at radius 3 is 2.48 bits per heavy atom. The summed E-state index contributed by atoms with van der Waals surface area (Å²) >= 11 is 0. The predicted octanol–water partition coefficient (Wildman–Crippen LogP) is 4.16. The van der Waals surface area contributed by atoms with Gasteiger partial charge in [0.05, 0.1) is 17.7 Å². The number of hydrogen-bond donors (Lipinski definition) is 1. The Morgan fingerprint density at radius 2 is 1.86 bits per heavy atom. The van der Waals surface area contributed by atoms with Gasteiger partial charge in [-0.25, -0.2) is 4.39 Å². The largest absolute Gasteiger partial charge is 0.457 e. The number of aliphatic hydroxyl groups is 1. The molecule has 0 saturated carbocycles. The second-order valence-corrected chi connectivity index (χ2v) is 5.01. The van der Waals surface area contributed by atoms with E-state index < -0.39 is 6.10 Å². The van der Waals surface area contributed by atoms with Crippen LogP contribution in [0.1, 0.15) is 35.3 Å². The summed E-state index contributed by atoms with van der Waals surface area (Å²) in [5.74, 6) is 0.518. The maximum atomic E-state index is 13.6. The molecule has 1 N–H and O–H groups in total. The molecule has 0 amide bonds. The maximum Gasteiger partial charge on any atom is 0.133 e. The third-order valence-corrected chi connectivity index (χ3v) is 3.28. The van der Waals surface area contributed by atoms with Crippen molar-refractivity contribution in [1.82, 2.24) is 0 Å². The standard InChI is InChI=1S/C17H16FNO2/c1-10-4-5-13(9-19)7-16(10)21-17-6-11(2)15(18)8-14(17)12(3)20/h4-8,12,20H,1-3H3/t12-/m1/s1. The van der Waals surface area contributed by atoms with Gasteiger partial charge in [0.25, 0.3) is 0 Å². The molecule has 2 aromatic carbocycles. The number of nitriles is 1. The van der Waals surface area contributed by atoms with Crippen molar-refractivity contribution in [1.29, 1.82) is 5.26 Å². The van der Waals surface area contributed by atoms with E-state index in [9.17, 15) is 9.50 Å². The van der Waals surface area contributed by atoms with Gasteiger partial charge in [0, 0.05) is 5.56 Å². The van der Waals surface area contributed by atoms with Crippen LogP contribution in [0.2, 0.25) is 0 Å². The average Bonchev–Trinajstić information content (AvgIpc) is 2.44. The van der Waals surface area contributed by atoms with Crippen LogP contribution in [0.5, 0.6) is 11.5 Å². The van der Waals surface area contributed by atoms with E-state index in [-0.39, 0.29) is 5.82 Å². The molecule has 0 saturated heterocycles. The van der Waals surface area contributed by atoms with Crippen LogP contribution in [-0.2, 0) is 0 Å². The normalized spacial score (nSPS) is 11.8. The summed E-state index contributed by atoms with van der Waals surface area (Å²) < 4.78 is 19.4. The number of ether oxygens (including phenoxy) is 1. The van der Waals surface area contributed by atoms with Crippen LogP contribution >= 0.6 is 0 Å². The Labute approximate surface area is 123 Å². The fourth-order valence-corrected chi connectivity index (χ4v) is 1.98. The number of hydrogen-bond acceptors (Lipinski definition) is 3. The zero-order valence-corrected chi connectivity index (χ0v) is 12.1. The Bertz CT molecular complexity index is 717. The third-order valence-electron chi connectivity index (χ3n) is 3.28. The number of halogens is 1. The Kier molecular flexibility index (Phi) is 4.25. The number of aliphatic hydroxyl groups excluding tert-OH is 1. The molecule has 0 heterocycles. The monoisotopic (exact) mass is 285 g/mol. The molecule has 0 aliphatic carbocycles. The van der Waals surface area contributed by atoms with Crippen LogP contribution in [0.4, 0.5) is 4.39 Å². The maximum absolute atomic E-state index is 13.6. The van der Waals surface area contributed by atoms with Crippen molar-refractivity contribution < 1.29 is 14.2 Å². The highest BCUT2D eigenvalue weighted by atomic mass is 19.1. The van der Waals surface area contributed by atoms with Gasteiger partial charge in [0.15, 0.2) is 0 Å². The minimum atomic E-state index is -0.852. The molecule has 0 aliphatic heterocycles. The Balaban J connectivity index is 2.49. The molecule has 108 valence electrons. The van der Waals surface area contributed by atoms with Gasteiger partial charge < -0.3 is 9.84 Å². The molecule has 0 aromatic heterocycles. The first-order chi connectivity index (χ1) is 9.92. The van der Waals surface area contributed by atoms with Gasteiger partial charge in [-0.05, 0) is 56.2 Å². The lowest BCUT2D eigenvalue weighted by Crippen LogP contribution is -2.00. The van der Waals surface area contributed by atoms with Gasteiger partial charge in [-0.15, -0.1) is 0 Å². The minimum absolute atomic E-state index is 0.375. The molecule has 21 heavy (non-hydrogen) atoms. The van der Waals surface area contributed by atoms with E-state index in [0.29, 0.717) is 28.2 Å². The van der Waals surface area contributed by atoms with E-state index in [1.54, 1.807) is 38.1 Å². The van der Waals surface area contributed by atoms with E-state index in [1.165, 1.54) is 6.07 Å². The summed E-state index contributed by atoms with van der Waals surface area (Å²) in [6.45, 7) is 5.04. The van der Waals surface area contributed by atoms with Crippen LogP contribution in [0, 0.1) is 31.0 Å². The van der Waals surface area contributed by atoms with Crippen molar-refractivity contribution in [2.45, 2.75) is 26.9 Å². The number of nitrogens with zero attached hydrogens (tertiary/aromatic N) is 1. The fraction of sp³-hybridized carbons (Fsp3) is 0.235. The molecule has 2 aromatic rings. The number of benzene rings is 2. The van der Waals surface area contributed by atoms with Crippen molar-refractivity contribution in [2.24, 2.45) is 0 Å². The van der Waals surface area contributed by atoms with Gasteiger partial charge in [0.2, 0.25) is 0 Å². The summed E-state index contributed by atoms with van der Waals surface area (Å²) in [6.07, 6.45) is -0.852. The fourth-order valence-electron chi connectivity index (χ4n) is 1.98. The molecule has 0 unspecified atom stereocenters. The van der Waals surface area contributed by atoms with Crippen LogP contribution in [0.3, 0.4) is 0 Å². The van der Waals surface area contributed by atoms with Crippen LogP contribution in [0.15, 0.2) is 30.3 Å². The highest BCUT2D eigenvalue weighted by molar-refractivity contribution is 5.47. The smallest absolute Gasteiger partial charge is 0.133 e. The number of aryl methyl sites for hydroxylation is 2. The highest BCUT2D eigenvalue weighted by Crippen LogP contribution is 2.33. The topological polar surface area (TPSA) is 53.2 Å². The molecule has 3 nitrogen and oxygen atoms in total. The molecule has 0 fully saturated rings. The van der Waals surface area contributed by atoms with E-state index in [1.807, 2.05) is 13.0 Å². The van der Waals surface area contributed by atoms with Gasteiger partial charge in [-0.3, -0.25) is 0 Å². The van der Waals surface area contributed by atoms with Crippen molar-refractivity contribution in [2.75, 3.05) is 0 Å². The first-order valence-corrected chi connectivity index (χ1v) is 6.59. The van der Waals surface area contributed by atoms with E-state index in [2.05, 4.69) is 0 Å². The Hall–Kier alpha value is -2.38. The van der Waals surface area contributed by atoms with Crippen molar-refractivity contribution in [3.8, 4) is 17.6 Å². The molecular formula is C17H16FNO2. The molecule has 1 atom stereocenters. The quantitative estimate of drug-likeness (QED) is 0.921. The van der Waals surface area contributed by atoms with Gasteiger partial charge >= 0.3 is 0 Å². The van der Waals surface area contributed by atoms with Gasteiger partial charge in [-0.2, -0.15) is 5.26 Å². The molecule has 0 bridgehead atoms. The zero-order valence-electron chi connectivity index (χ0n) is 12.1. The van der Waals surface area contributed by atoms with E-state index >= 15 is 0 Å².